The molecule has 1 fully saturated rings. The number of alkyl halides is 4. The van der Waals surface area contributed by atoms with Crippen LogP contribution in [-0.4, -0.2) is 62.5 Å². The van der Waals surface area contributed by atoms with Gasteiger partial charge in [-0.1, -0.05) is 17.7 Å². The molecule has 3 heterocycles. The number of sulfonamides is 1. The van der Waals surface area contributed by atoms with E-state index in [4.69, 9.17) is 16.3 Å². The normalized spacial score (nSPS) is 12.8. The van der Waals surface area contributed by atoms with E-state index < -0.39 is 69.7 Å². The van der Waals surface area contributed by atoms with Gasteiger partial charge in [0.1, 0.15) is 23.4 Å². The molecule has 0 aliphatic carbocycles. The van der Waals surface area contributed by atoms with Gasteiger partial charge in [-0.25, -0.2) is 36.2 Å². The molecule has 1 amide bonds. The third-order valence-electron chi connectivity index (χ3n) is 6.12. The second kappa shape index (κ2) is 16.1. The number of nitrogens with one attached hydrogen (secondary N) is 1. The Morgan fingerprint density at radius 2 is 1.85 bits per heavy atom. The van der Waals surface area contributed by atoms with Crippen molar-refractivity contribution in [2.45, 2.75) is 25.7 Å². The van der Waals surface area contributed by atoms with Crippen molar-refractivity contribution in [2.75, 3.05) is 24.6 Å². The fraction of sp³-hybridized carbons (Fsp3) is 0.286. The molecule has 250 valence electrons. The number of aromatic nitrogens is 2. The number of hydrogen-bond donors (Lipinski definition) is 1. The quantitative estimate of drug-likeness (QED) is 0.235. The number of amides is 1. The van der Waals surface area contributed by atoms with E-state index in [0.717, 1.165) is 18.3 Å². The topological polar surface area (TPSA) is 169 Å². The lowest BCUT2D eigenvalue weighted by atomic mass is 9.98. The molecule has 2 aromatic heterocycles. The first kappa shape index (κ1) is 36.6. The van der Waals surface area contributed by atoms with Gasteiger partial charge < -0.3 is 14.4 Å². The summed E-state index contributed by atoms with van der Waals surface area (Å²) in [5.41, 5.74) is -1.79. The van der Waals surface area contributed by atoms with Crippen LogP contribution in [0.15, 0.2) is 48.8 Å². The number of nitrogens with zero attached hydrogens (tertiary/aromatic N) is 4. The predicted octanol–water partition coefficient (Wildman–Crippen LogP) is 4.40. The number of ether oxygens (including phenoxy) is 2. The lowest BCUT2D eigenvalue weighted by Gasteiger charge is -2.39. The van der Waals surface area contributed by atoms with Crippen molar-refractivity contribution in [3.63, 3.8) is 0 Å². The number of benzene rings is 1. The average Bonchev–Trinajstić information content (AvgIpc) is 2.97. The summed E-state index contributed by atoms with van der Waals surface area (Å²) in [7, 11) is -4.24. The number of halogens is 6. The van der Waals surface area contributed by atoms with Crippen molar-refractivity contribution >= 4 is 45.3 Å². The Bertz CT molecular complexity index is 1770. The fourth-order valence-electron chi connectivity index (χ4n) is 3.95. The van der Waals surface area contributed by atoms with Crippen LogP contribution in [0.4, 0.5) is 27.8 Å². The molecule has 47 heavy (non-hydrogen) atoms. The predicted molar refractivity (Wildman–Crippen MR) is 153 cm³/mol. The Balaban J connectivity index is 0.000000420. The highest BCUT2D eigenvalue weighted by Crippen LogP contribution is 2.32. The second-order valence-corrected chi connectivity index (χ2v) is 11.6. The molecule has 1 aliphatic heterocycles. The van der Waals surface area contributed by atoms with Gasteiger partial charge in [0.2, 0.25) is 15.9 Å². The highest BCUT2D eigenvalue weighted by Gasteiger charge is 2.37. The third-order valence-corrected chi connectivity index (χ3v) is 7.55. The average molecular weight is 704 g/mol. The Morgan fingerprint density at radius 3 is 2.40 bits per heavy atom. The highest BCUT2D eigenvalue weighted by atomic mass is 35.5. The van der Waals surface area contributed by atoms with Crippen LogP contribution in [0.3, 0.4) is 0 Å². The van der Waals surface area contributed by atoms with E-state index in [1.165, 1.54) is 42.3 Å². The summed E-state index contributed by atoms with van der Waals surface area (Å²) in [6.45, 7) is -1.91. The summed E-state index contributed by atoms with van der Waals surface area (Å²) in [4.78, 5) is 43.7. The molecule has 1 aliphatic rings. The SMILES string of the molecule is CCOC(=O)c1cc(C#N)c(N2CC(C(=O)NS(=O)(=O)Cc3ccc(Cl)cc3F)C2)nc1C(F)F.O=C(OC(F)F)c1cccnc1. The smallest absolute Gasteiger partial charge is 0.389 e. The van der Waals surface area contributed by atoms with E-state index in [1.807, 2.05) is 4.72 Å². The van der Waals surface area contributed by atoms with Crippen LogP contribution in [0.25, 0.3) is 0 Å². The summed E-state index contributed by atoms with van der Waals surface area (Å²) in [5, 5.41) is 9.49. The van der Waals surface area contributed by atoms with Gasteiger partial charge in [0.15, 0.2) is 0 Å². The van der Waals surface area contributed by atoms with Gasteiger partial charge in [-0.3, -0.25) is 14.5 Å². The zero-order valence-corrected chi connectivity index (χ0v) is 25.6. The van der Waals surface area contributed by atoms with E-state index in [0.29, 0.717) is 0 Å². The van der Waals surface area contributed by atoms with Crippen molar-refractivity contribution in [1.29, 1.82) is 5.26 Å². The summed E-state index contributed by atoms with van der Waals surface area (Å²) >= 11 is 5.64. The van der Waals surface area contributed by atoms with Gasteiger partial charge in [-0.15, -0.1) is 0 Å². The molecule has 0 saturated carbocycles. The first-order chi connectivity index (χ1) is 22.1. The molecule has 1 aromatic carbocycles. The van der Waals surface area contributed by atoms with Gasteiger partial charge in [-0.05, 0) is 37.3 Å². The summed E-state index contributed by atoms with van der Waals surface area (Å²) in [6, 6.07) is 8.95. The number of carbonyl (C=O) groups excluding carboxylic acids is 3. The molecular formula is C28H23ClF5N5O7S. The molecule has 0 atom stereocenters. The number of rotatable bonds is 10. The monoisotopic (exact) mass is 703 g/mol. The van der Waals surface area contributed by atoms with E-state index in [9.17, 15) is 50.0 Å². The number of hydrogen-bond acceptors (Lipinski definition) is 11. The number of nitriles is 1. The fourth-order valence-corrected chi connectivity index (χ4v) is 5.29. The van der Waals surface area contributed by atoms with Crippen LogP contribution in [0.5, 0.6) is 0 Å². The Labute approximate surface area is 269 Å². The number of anilines is 1. The van der Waals surface area contributed by atoms with Gasteiger partial charge in [0.05, 0.1) is 35.0 Å². The number of esters is 2. The van der Waals surface area contributed by atoms with Gasteiger partial charge in [0.25, 0.3) is 6.43 Å². The van der Waals surface area contributed by atoms with Crippen molar-refractivity contribution in [2.24, 2.45) is 5.92 Å². The van der Waals surface area contributed by atoms with E-state index in [1.54, 1.807) is 6.07 Å². The van der Waals surface area contributed by atoms with Crippen LogP contribution < -0.4 is 9.62 Å². The second-order valence-electron chi connectivity index (χ2n) is 9.40. The molecule has 12 nitrogen and oxygen atoms in total. The van der Waals surface area contributed by atoms with Crippen LogP contribution in [-0.2, 0) is 30.0 Å². The van der Waals surface area contributed by atoms with Gasteiger partial charge in [0, 0.05) is 36.1 Å². The first-order valence-corrected chi connectivity index (χ1v) is 15.2. The molecule has 4 rings (SSSR count). The maximum Gasteiger partial charge on any atom is 0.389 e. The molecule has 1 N–H and O–H groups in total. The van der Waals surface area contributed by atoms with Crippen molar-refractivity contribution in [3.8, 4) is 6.07 Å². The van der Waals surface area contributed by atoms with E-state index in [-0.39, 0.29) is 47.2 Å². The zero-order chi connectivity index (χ0) is 34.9. The minimum Gasteiger partial charge on any atom is -0.462 e. The number of pyridine rings is 2. The maximum atomic E-state index is 13.9. The van der Waals surface area contributed by atoms with Crippen molar-refractivity contribution in [1.82, 2.24) is 14.7 Å². The van der Waals surface area contributed by atoms with Gasteiger partial charge in [-0.2, -0.15) is 14.0 Å². The van der Waals surface area contributed by atoms with Crippen LogP contribution >= 0.6 is 11.6 Å². The largest absolute Gasteiger partial charge is 0.462 e. The maximum absolute atomic E-state index is 13.9. The summed E-state index contributed by atoms with van der Waals surface area (Å²) < 4.78 is 98.7. The molecule has 0 bridgehead atoms. The standard InChI is InChI=1S/C21H18ClF3N4O5S.C7H5F2NO2/c1-2-34-21(31)15-5-12(7-26)19(27-17(15)18(24)25)29-8-13(9-29)20(30)28-35(32,33)10-11-3-4-14(22)6-16(11)23;8-7(9)12-6(11)5-2-1-3-10-4-5/h3-6,13,18H,2,8-10H2,1H3,(H,28,30);1-4,7H. The Morgan fingerprint density at radius 1 is 1.15 bits per heavy atom. The van der Waals surface area contributed by atoms with Crippen LogP contribution in [0.2, 0.25) is 5.02 Å². The Hall–Kier alpha value is -4.89. The van der Waals surface area contributed by atoms with Crippen LogP contribution in [0, 0.1) is 23.1 Å². The molecule has 19 heteroatoms. The number of carbonyl (C=O) groups is 3. The Kier molecular flexibility index (Phi) is 12.5. The van der Waals surface area contributed by atoms with Crippen molar-refractivity contribution < 1.29 is 54.2 Å². The third kappa shape index (κ3) is 10.0. The zero-order valence-electron chi connectivity index (χ0n) is 24.0. The molecule has 1 saturated heterocycles. The molecule has 0 spiro atoms. The molecule has 0 unspecified atom stereocenters. The lowest BCUT2D eigenvalue weighted by Crippen LogP contribution is -2.55. The van der Waals surface area contributed by atoms with Crippen LogP contribution in [0.1, 0.15) is 50.9 Å². The van der Waals surface area contributed by atoms with Crippen molar-refractivity contribution in [3.05, 3.63) is 87.6 Å². The minimum absolute atomic E-state index is 0.0119. The summed E-state index contributed by atoms with van der Waals surface area (Å²) in [5.74, 6) is -5.70. The molecule has 0 radical (unpaired) electrons. The van der Waals surface area contributed by atoms with E-state index >= 15 is 0 Å². The minimum atomic E-state index is -4.24. The van der Waals surface area contributed by atoms with E-state index in [2.05, 4.69) is 14.7 Å². The highest BCUT2D eigenvalue weighted by molar-refractivity contribution is 7.89. The first-order valence-electron chi connectivity index (χ1n) is 13.2. The van der Waals surface area contributed by atoms with Gasteiger partial charge >= 0.3 is 18.6 Å². The lowest BCUT2D eigenvalue weighted by molar-refractivity contribution is -0.123. The molecule has 3 aromatic rings. The summed E-state index contributed by atoms with van der Waals surface area (Å²) in [6.07, 6.45) is -0.552. The molecular weight excluding hydrogens is 681 g/mol.